The molecule has 2 rings (SSSR count). The smallest absolute Gasteiger partial charge is 0.319 e. The molecule has 2 aromatic rings. The van der Waals surface area contributed by atoms with Crippen LogP contribution in [0.5, 0.6) is 0 Å². The molecule has 1 aromatic heterocycles. The highest BCUT2D eigenvalue weighted by molar-refractivity contribution is 7.99. The Morgan fingerprint density at radius 3 is 2.75 bits per heavy atom. The molecule has 0 radical (unpaired) electrons. The van der Waals surface area contributed by atoms with E-state index in [9.17, 15) is 4.79 Å². The Bertz CT molecular complexity index is 560. The van der Waals surface area contributed by atoms with Crippen LogP contribution in [0, 0.1) is 0 Å². The van der Waals surface area contributed by atoms with E-state index in [1.165, 1.54) is 0 Å². The van der Waals surface area contributed by atoms with Gasteiger partial charge in [0.1, 0.15) is 0 Å². The zero-order chi connectivity index (χ0) is 14.2. The number of urea groups is 1. The summed E-state index contributed by atoms with van der Waals surface area (Å²) < 4.78 is 0. The number of hydrogen-bond acceptors (Lipinski definition) is 3. The van der Waals surface area contributed by atoms with Gasteiger partial charge in [0, 0.05) is 11.1 Å². The SMILES string of the molecule is CCSc1ccccc1NC(=O)NCc1ccccn1. The molecule has 0 atom stereocenters. The Balaban J connectivity index is 1.91. The van der Waals surface area contributed by atoms with Crippen LogP contribution in [0.15, 0.2) is 53.6 Å². The average molecular weight is 287 g/mol. The fourth-order valence-electron chi connectivity index (χ4n) is 1.69. The molecule has 1 heterocycles. The van der Waals surface area contributed by atoms with Gasteiger partial charge in [0.25, 0.3) is 0 Å². The lowest BCUT2D eigenvalue weighted by Crippen LogP contribution is -2.28. The topological polar surface area (TPSA) is 54.0 Å². The first-order chi connectivity index (χ1) is 9.79. The van der Waals surface area contributed by atoms with Crippen LogP contribution in [0.1, 0.15) is 12.6 Å². The third-order valence-corrected chi connectivity index (χ3v) is 3.55. The van der Waals surface area contributed by atoms with E-state index in [2.05, 4.69) is 22.5 Å². The number of pyridine rings is 1. The van der Waals surface area contributed by atoms with Crippen molar-refractivity contribution in [2.75, 3.05) is 11.1 Å². The minimum Gasteiger partial charge on any atom is -0.332 e. The summed E-state index contributed by atoms with van der Waals surface area (Å²) in [6, 6.07) is 13.2. The van der Waals surface area contributed by atoms with Crippen LogP contribution in [0.4, 0.5) is 10.5 Å². The van der Waals surface area contributed by atoms with Crippen molar-refractivity contribution in [3.05, 3.63) is 54.4 Å². The van der Waals surface area contributed by atoms with Gasteiger partial charge in [-0.2, -0.15) is 0 Å². The van der Waals surface area contributed by atoms with E-state index < -0.39 is 0 Å². The minimum atomic E-state index is -0.222. The van der Waals surface area contributed by atoms with Gasteiger partial charge >= 0.3 is 6.03 Å². The minimum absolute atomic E-state index is 0.222. The third-order valence-electron chi connectivity index (χ3n) is 2.59. The van der Waals surface area contributed by atoms with E-state index in [4.69, 9.17) is 0 Å². The monoisotopic (exact) mass is 287 g/mol. The van der Waals surface area contributed by atoms with E-state index in [-0.39, 0.29) is 6.03 Å². The lowest BCUT2D eigenvalue weighted by molar-refractivity contribution is 0.251. The van der Waals surface area contributed by atoms with Gasteiger partial charge in [-0.05, 0) is 30.0 Å². The van der Waals surface area contributed by atoms with Crippen LogP contribution in [0.25, 0.3) is 0 Å². The van der Waals surface area contributed by atoms with Gasteiger partial charge in [-0.3, -0.25) is 4.98 Å². The second kappa shape index (κ2) is 7.55. The van der Waals surface area contributed by atoms with Crippen molar-refractivity contribution in [1.82, 2.24) is 10.3 Å². The largest absolute Gasteiger partial charge is 0.332 e. The molecule has 4 nitrogen and oxygen atoms in total. The van der Waals surface area contributed by atoms with Crippen LogP contribution in [0.3, 0.4) is 0 Å². The Hall–Kier alpha value is -2.01. The van der Waals surface area contributed by atoms with E-state index in [1.54, 1.807) is 18.0 Å². The number of thioether (sulfide) groups is 1. The first-order valence-electron chi connectivity index (χ1n) is 6.46. The fourth-order valence-corrected chi connectivity index (χ4v) is 2.45. The van der Waals surface area contributed by atoms with Crippen molar-refractivity contribution in [2.24, 2.45) is 0 Å². The number of nitrogens with one attached hydrogen (secondary N) is 2. The summed E-state index contributed by atoms with van der Waals surface area (Å²) in [5.74, 6) is 0.967. The number of para-hydroxylation sites is 1. The van der Waals surface area contributed by atoms with Crippen LogP contribution in [0.2, 0.25) is 0 Å². The second-order valence-electron chi connectivity index (χ2n) is 4.06. The number of anilines is 1. The predicted octanol–water partition coefficient (Wildman–Crippen LogP) is 3.52. The molecule has 2 N–H and O–H groups in total. The molecule has 0 aliphatic heterocycles. The molecule has 5 heteroatoms. The van der Waals surface area contributed by atoms with Gasteiger partial charge < -0.3 is 10.6 Å². The summed E-state index contributed by atoms with van der Waals surface area (Å²) in [4.78, 5) is 17.1. The van der Waals surface area contributed by atoms with Crippen molar-refractivity contribution < 1.29 is 4.79 Å². The molecule has 0 bridgehead atoms. The first-order valence-corrected chi connectivity index (χ1v) is 7.44. The van der Waals surface area contributed by atoms with E-state index in [1.807, 2.05) is 42.5 Å². The van der Waals surface area contributed by atoms with Crippen LogP contribution in [-0.2, 0) is 6.54 Å². The van der Waals surface area contributed by atoms with Crippen molar-refractivity contribution in [3.63, 3.8) is 0 Å². The molecule has 0 aliphatic carbocycles. The predicted molar refractivity (Wildman–Crippen MR) is 82.9 cm³/mol. The molecule has 20 heavy (non-hydrogen) atoms. The summed E-state index contributed by atoms with van der Waals surface area (Å²) in [6.07, 6.45) is 1.71. The summed E-state index contributed by atoms with van der Waals surface area (Å²) in [6.45, 7) is 2.50. The molecule has 0 spiro atoms. The summed E-state index contributed by atoms with van der Waals surface area (Å²) in [5.41, 5.74) is 1.66. The number of amides is 2. The highest BCUT2D eigenvalue weighted by atomic mass is 32.2. The summed E-state index contributed by atoms with van der Waals surface area (Å²) >= 11 is 1.70. The number of nitrogens with zero attached hydrogens (tertiary/aromatic N) is 1. The van der Waals surface area contributed by atoms with Crippen LogP contribution >= 0.6 is 11.8 Å². The summed E-state index contributed by atoms with van der Waals surface area (Å²) in [7, 11) is 0. The van der Waals surface area contributed by atoms with Crippen molar-refractivity contribution in [3.8, 4) is 0 Å². The number of aromatic nitrogens is 1. The Kier molecular flexibility index (Phi) is 5.43. The Morgan fingerprint density at radius 2 is 2.00 bits per heavy atom. The van der Waals surface area contributed by atoms with Gasteiger partial charge in [0.15, 0.2) is 0 Å². The quantitative estimate of drug-likeness (QED) is 0.827. The summed E-state index contributed by atoms with van der Waals surface area (Å²) in [5, 5.41) is 5.66. The highest BCUT2D eigenvalue weighted by Crippen LogP contribution is 2.26. The van der Waals surface area contributed by atoms with Gasteiger partial charge in [-0.15, -0.1) is 11.8 Å². The second-order valence-corrected chi connectivity index (χ2v) is 5.36. The number of benzene rings is 1. The van der Waals surface area contributed by atoms with E-state index in [0.29, 0.717) is 6.54 Å². The van der Waals surface area contributed by atoms with Crippen molar-refractivity contribution in [1.29, 1.82) is 0 Å². The Labute approximate surface area is 123 Å². The van der Waals surface area contributed by atoms with Gasteiger partial charge in [0.05, 0.1) is 17.9 Å². The van der Waals surface area contributed by atoms with Crippen molar-refractivity contribution >= 4 is 23.5 Å². The fraction of sp³-hybridized carbons (Fsp3) is 0.200. The normalized spacial score (nSPS) is 10.1. The maximum atomic E-state index is 11.9. The molecule has 0 saturated carbocycles. The third kappa shape index (κ3) is 4.28. The molecule has 1 aromatic carbocycles. The number of carbonyl (C=O) groups is 1. The lowest BCUT2D eigenvalue weighted by Gasteiger charge is -2.10. The molecule has 0 saturated heterocycles. The standard InChI is InChI=1S/C15H17N3OS/c1-2-20-14-9-4-3-8-13(14)18-15(19)17-11-12-7-5-6-10-16-12/h3-10H,2,11H2,1H3,(H2,17,18,19). The Morgan fingerprint density at radius 1 is 1.20 bits per heavy atom. The molecular weight excluding hydrogens is 270 g/mol. The zero-order valence-electron chi connectivity index (χ0n) is 11.3. The van der Waals surface area contributed by atoms with Crippen LogP contribution < -0.4 is 10.6 Å². The molecule has 2 amide bonds. The molecule has 0 fully saturated rings. The molecule has 0 unspecified atom stereocenters. The average Bonchev–Trinajstić information content (AvgIpc) is 2.49. The van der Waals surface area contributed by atoms with E-state index in [0.717, 1.165) is 22.0 Å². The molecule has 0 aliphatic rings. The van der Waals surface area contributed by atoms with Gasteiger partial charge in [-0.25, -0.2) is 4.79 Å². The zero-order valence-corrected chi connectivity index (χ0v) is 12.1. The first kappa shape index (κ1) is 14.4. The van der Waals surface area contributed by atoms with Crippen molar-refractivity contribution in [2.45, 2.75) is 18.4 Å². The number of rotatable bonds is 5. The number of carbonyl (C=O) groups excluding carboxylic acids is 1. The van der Waals surface area contributed by atoms with E-state index >= 15 is 0 Å². The maximum Gasteiger partial charge on any atom is 0.319 e. The lowest BCUT2D eigenvalue weighted by atomic mass is 10.3. The number of hydrogen-bond donors (Lipinski definition) is 2. The molecular formula is C15H17N3OS. The highest BCUT2D eigenvalue weighted by Gasteiger charge is 2.06. The van der Waals surface area contributed by atoms with Crippen LogP contribution in [-0.4, -0.2) is 16.8 Å². The van der Waals surface area contributed by atoms with Gasteiger partial charge in [-0.1, -0.05) is 25.1 Å². The molecule has 104 valence electrons. The van der Waals surface area contributed by atoms with Gasteiger partial charge in [0.2, 0.25) is 0 Å². The maximum absolute atomic E-state index is 11.9.